The van der Waals surface area contributed by atoms with Crippen LogP contribution in [0.2, 0.25) is 5.02 Å². The molecule has 0 unspecified atom stereocenters. The molecule has 2 aromatic heterocycles. The second-order valence-corrected chi connectivity index (χ2v) is 9.66. The average molecular weight is 543 g/mol. The zero-order chi connectivity index (χ0) is 25.7. The number of nitrogens with zero attached hydrogens (tertiary/aromatic N) is 3. The van der Waals surface area contributed by atoms with Gasteiger partial charge in [-0.15, -0.1) is 28.1 Å². The van der Waals surface area contributed by atoms with Gasteiger partial charge >= 0.3 is 5.97 Å². The van der Waals surface area contributed by atoms with Crippen molar-refractivity contribution in [3.63, 3.8) is 0 Å². The summed E-state index contributed by atoms with van der Waals surface area (Å²) in [5.41, 5.74) is 2.19. The SMILES string of the molecule is C=CCn1c(SCC(=O)Nc2scc(-c3ccc(F)cc3)c2C(=O)OC)nnc1-c1cccc(Cl)c1. The minimum Gasteiger partial charge on any atom is -0.465 e. The third kappa shape index (κ3) is 5.67. The second-order valence-electron chi connectivity index (χ2n) is 7.40. The minimum absolute atomic E-state index is 0.0230. The van der Waals surface area contributed by atoms with Crippen molar-refractivity contribution in [3.05, 3.63) is 83.0 Å². The number of thioether (sulfide) groups is 1. The van der Waals surface area contributed by atoms with E-state index < -0.39 is 5.97 Å². The first kappa shape index (κ1) is 25.6. The number of carbonyl (C=O) groups excluding carboxylic acids is 2. The molecule has 2 aromatic carbocycles. The van der Waals surface area contributed by atoms with Crippen molar-refractivity contribution in [2.24, 2.45) is 0 Å². The molecular formula is C25H20ClFN4O3S2. The Hall–Kier alpha value is -3.47. The van der Waals surface area contributed by atoms with Crippen LogP contribution in [0.5, 0.6) is 0 Å². The van der Waals surface area contributed by atoms with Gasteiger partial charge in [-0.3, -0.25) is 9.36 Å². The third-order valence-corrected chi connectivity index (χ3v) is 7.13. The van der Waals surface area contributed by atoms with Gasteiger partial charge in [0.05, 0.1) is 12.9 Å². The molecule has 0 aliphatic rings. The zero-order valence-corrected chi connectivity index (χ0v) is 21.4. The summed E-state index contributed by atoms with van der Waals surface area (Å²) in [5, 5.41) is 14.5. The van der Waals surface area contributed by atoms with Crippen LogP contribution in [-0.2, 0) is 16.1 Å². The maximum absolute atomic E-state index is 13.4. The molecule has 0 fully saturated rings. The van der Waals surface area contributed by atoms with Crippen molar-refractivity contribution in [3.8, 4) is 22.5 Å². The van der Waals surface area contributed by atoms with Crippen molar-refractivity contribution in [1.82, 2.24) is 14.8 Å². The van der Waals surface area contributed by atoms with Gasteiger partial charge in [0.15, 0.2) is 11.0 Å². The summed E-state index contributed by atoms with van der Waals surface area (Å²) < 4.78 is 20.1. The van der Waals surface area contributed by atoms with Crippen LogP contribution in [0.4, 0.5) is 9.39 Å². The Labute approximate surface area is 220 Å². The van der Waals surface area contributed by atoms with Crippen molar-refractivity contribution in [1.29, 1.82) is 0 Å². The summed E-state index contributed by atoms with van der Waals surface area (Å²) in [5.74, 6) is -0.696. The molecule has 4 aromatic rings. The fraction of sp³-hybridized carbons (Fsp3) is 0.120. The van der Waals surface area contributed by atoms with Crippen LogP contribution in [0.1, 0.15) is 10.4 Å². The number of rotatable bonds is 9. The van der Waals surface area contributed by atoms with Crippen molar-refractivity contribution in [2.45, 2.75) is 11.7 Å². The fourth-order valence-corrected chi connectivity index (χ4v) is 5.33. The van der Waals surface area contributed by atoms with Gasteiger partial charge in [-0.05, 0) is 29.8 Å². The lowest BCUT2D eigenvalue weighted by Gasteiger charge is -2.09. The summed E-state index contributed by atoms with van der Waals surface area (Å²) in [6.45, 7) is 4.23. The predicted octanol–water partition coefficient (Wildman–Crippen LogP) is 6.17. The van der Waals surface area contributed by atoms with E-state index in [-0.39, 0.29) is 23.0 Å². The normalized spacial score (nSPS) is 10.8. The first-order valence-corrected chi connectivity index (χ1v) is 12.8. The van der Waals surface area contributed by atoms with Crippen LogP contribution in [0.15, 0.2) is 71.7 Å². The number of methoxy groups -OCH3 is 1. The number of halogens is 2. The molecule has 0 aliphatic carbocycles. The van der Waals surface area contributed by atoms with Gasteiger partial charge in [0, 0.05) is 28.1 Å². The number of anilines is 1. The van der Waals surface area contributed by atoms with Crippen LogP contribution in [-0.4, -0.2) is 39.5 Å². The summed E-state index contributed by atoms with van der Waals surface area (Å²) in [6.07, 6.45) is 1.72. The van der Waals surface area contributed by atoms with Gasteiger partial charge in [-0.1, -0.05) is 53.7 Å². The maximum Gasteiger partial charge on any atom is 0.341 e. The Morgan fingerprint density at radius 1 is 1.22 bits per heavy atom. The third-order valence-electron chi connectivity index (χ3n) is 5.03. The van der Waals surface area contributed by atoms with Crippen LogP contribution < -0.4 is 5.32 Å². The molecule has 0 saturated carbocycles. The number of hydrogen-bond donors (Lipinski definition) is 1. The molecule has 11 heteroatoms. The number of benzene rings is 2. The second kappa shape index (κ2) is 11.5. The Kier molecular flexibility index (Phi) is 8.19. The van der Waals surface area contributed by atoms with E-state index in [1.807, 2.05) is 16.7 Å². The van der Waals surface area contributed by atoms with E-state index in [0.29, 0.717) is 38.7 Å². The number of esters is 1. The van der Waals surface area contributed by atoms with E-state index >= 15 is 0 Å². The van der Waals surface area contributed by atoms with Crippen LogP contribution in [0.25, 0.3) is 22.5 Å². The highest BCUT2D eigenvalue weighted by Crippen LogP contribution is 2.36. The first-order valence-electron chi connectivity index (χ1n) is 10.6. The number of carbonyl (C=O) groups is 2. The van der Waals surface area contributed by atoms with Crippen molar-refractivity contribution in [2.75, 3.05) is 18.2 Å². The topological polar surface area (TPSA) is 86.1 Å². The lowest BCUT2D eigenvalue weighted by Crippen LogP contribution is -2.16. The van der Waals surface area contributed by atoms with Crippen LogP contribution in [0.3, 0.4) is 0 Å². The number of nitrogens with one attached hydrogen (secondary N) is 1. The minimum atomic E-state index is -0.601. The number of aromatic nitrogens is 3. The Morgan fingerprint density at radius 3 is 2.69 bits per heavy atom. The van der Waals surface area contributed by atoms with Gasteiger partial charge in [0.2, 0.25) is 5.91 Å². The van der Waals surface area contributed by atoms with Crippen LogP contribution >= 0.6 is 34.7 Å². The fourth-order valence-electron chi connectivity index (χ4n) is 3.42. The molecule has 0 saturated heterocycles. The molecule has 0 aliphatic heterocycles. The van der Waals surface area contributed by atoms with Crippen molar-refractivity contribution >= 4 is 51.6 Å². The number of allylic oxidation sites excluding steroid dienone is 1. The van der Waals surface area contributed by atoms with Crippen molar-refractivity contribution < 1.29 is 18.7 Å². The molecule has 1 amide bonds. The van der Waals surface area contributed by atoms with Crippen LogP contribution in [0, 0.1) is 5.82 Å². The molecule has 184 valence electrons. The Bertz CT molecular complexity index is 1420. The molecular weight excluding hydrogens is 523 g/mol. The van der Waals surface area contributed by atoms with Gasteiger partial charge in [-0.2, -0.15) is 0 Å². The van der Waals surface area contributed by atoms with E-state index in [1.54, 1.807) is 35.7 Å². The maximum atomic E-state index is 13.4. The molecule has 7 nitrogen and oxygen atoms in total. The molecule has 0 radical (unpaired) electrons. The predicted molar refractivity (Wildman–Crippen MR) is 141 cm³/mol. The van der Waals surface area contributed by atoms with E-state index in [2.05, 4.69) is 22.1 Å². The van der Waals surface area contributed by atoms with E-state index in [1.165, 1.54) is 42.3 Å². The quantitative estimate of drug-likeness (QED) is 0.155. The lowest BCUT2D eigenvalue weighted by molar-refractivity contribution is -0.113. The number of amides is 1. The molecule has 0 bridgehead atoms. The van der Waals surface area contributed by atoms with E-state index in [0.717, 1.165) is 5.56 Å². The summed E-state index contributed by atoms with van der Waals surface area (Å²) in [7, 11) is 1.26. The summed E-state index contributed by atoms with van der Waals surface area (Å²) in [4.78, 5) is 25.3. The first-order chi connectivity index (χ1) is 17.4. The Morgan fingerprint density at radius 2 is 2.00 bits per heavy atom. The number of ether oxygens (including phenoxy) is 1. The largest absolute Gasteiger partial charge is 0.465 e. The Balaban J connectivity index is 1.52. The highest BCUT2D eigenvalue weighted by atomic mass is 35.5. The number of thiophene rings is 1. The van der Waals surface area contributed by atoms with E-state index in [4.69, 9.17) is 16.3 Å². The van der Waals surface area contributed by atoms with Gasteiger partial charge in [0.1, 0.15) is 16.4 Å². The van der Waals surface area contributed by atoms with Gasteiger partial charge in [0.25, 0.3) is 0 Å². The molecule has 0 atom stereocenters. The standard InChI is InChI=1S/C25H20ClFN4O3S2/c1-3-11-31-22(16-5-4-6-17(26)12-16)29-30-25(31)36-14-20(32)28-23-21(24(33)34-2)19(13-35-23)15-7-9-18(27)10-8-15/h3-10,12-13H,1,11,14H2,2H3,(H,28,32). The molecule has 4 rings (SSSR count). The monoisotopic (exact) mass is 542 g/mol. The highest BCUT2D eigenvalue weighted by molar-refractivity contribution is 7.99. The molecule has 1 N–H and O–H groups in total. The number of hydrogen-bond acceptors (Lipinski definition) is 7. The molecule has 36 heavy (non-hydrogen) atoms. The zero-order valence-electron chi connectivity index (χ0n) is 19.0. The lowest BCUT2D eigenvalue weighted by atomic mass is 10.0. The summed E-state index contributed by atoms with van der Waals surface area (Å²) in [6, 6.07) is 13.0. The summed E-state index contributed by atoms with van der Waals surface area (Å²) >= 11 is 8.51. The van der Waals surface area contributed by atoms with Gasteiger partial charge in [-0.25, -0.2) is 9.18 Å². The average Bonchev–Trinajstić information content (AvgIpc) is 3.47. The molecule has 0 spiro atoms. The smallest absolute Gasteiger partial charge is 0.341 e. The highest BCUT2D eigenvalue weighted by Gasteiger charge is 2.23. The van der Waals surface area contributed by atoms with Gasteiger partial charge < -0.3 is 10.1 Å². The van der Waals surface area contributed by atoms with E-state index in [9.17, 15) is 14.0 Å². The molecule has 2 heterocycles.